The van der Waals surface area contributed by atoms with Gasteiger partial charge in [-0.1, -0.05) is 62.7 Å². The smallest absolute Gasteiger partial charge is 0.175 e. The van der Waals surface area contributed by atoms with Crippen molar-refractivity contribution >= 4 is 11.6 Å². The molecule has 1 aromatic heterocycles. The van der Waals surface area contributed by atoms with E-state index in [0.717, 1.165) is 5.56 Å². The predicted molar refractivity (Wildman–Crippen MR) is 76.5 cm³/mol. The van der Waals surface area contributed by atoms with E-state index in [0.29, 0.717) is 23.3 Å². The molecule has 0 unspecified atom stereocenters. The maximum absolute atomic E-state index is 6.13. The van der Waals surface area contributed by atoms with Crippen LogP contribution < -0.4 is 4.74 Å². The van der Waals surface area contributed by atoms with Gasteiger partial charge in [0.1, 0.15) is 12.4 Å². The molecule has 0 N–H and O–H groups in total. The van der Waals surface area contributed by atoms with Crippen LogP contribution in [0.3, 0.4) is 0 Å². The molecule has 4 heteroatoms. The molecular weight excluding hydrogens is 260 g/mol. The molecule has 0 bridgehead atoms. The number of hydrogen-bond donors (Lipinski definition) is 0. The first-order chi connectivity index (χ1) is 8.97. The first-order valence-corrected chi connectivity index (χ1v) is 6.54. The van der Waals surface area contributed by atoms with Crippen molar-refractivity contribution in [2.75, 3.05) is 0 Å². The highest BCUT2D eigenvalue weighted by atomic mass is 35.5. The molecule has 0 aliphatic carbocycles. The molecule has 0 atom stereocenters. The molecule has 2 aromatic rings. The van der Waals surface area contributed by atoms with Gasteiger partial charge in [-0.25, -0.2) is 9.97 Å². The van der Waals surface area contributed by atoms with E-state index in [4.69, 9.17) is 16.3 Å². The Balaban J connectivity index is 2.10. The summed E-state index contributed by atoms with van der Waals surface area (Å²) in [6.45, 7) is 6.59. The van der Waals surface area contributed by atoms with Crippen LogP contribution in [0.15, 0.2) is 36.5 Å². The fraction of sp³-hybridized carbons (Fsp3) is 0.333. The molecule has 2 rings (SSSR count). The minimum absolute atomic E-state index is 0.123. The summed E-state index contributed by atoms with van der Waals surface area (Å²) in [6.07, 6.45) is 1.64. The Hall–Kier alpha value is -1.61. The van der Waals surface area contributed by atoms with Gasteiger partial charge in [0.25, 0.3) is 0 Å². The molecule has 0 aliphatic rings. The molecule has 3 nitrogen and oxygen atoms in total. The highest BCUT2D eigenvalue weighted by Gasteiger charge is 2.19. The lowest BCUT2D eigenvalue weighted by Gasteiger charge is -2.17. The van der Waals surface area contributed by atoms with Crippen LogP contribution in [-0.4, -0.2) is 9.97 Å². The van der Waals surface area contributed by atoms with E-state index in [9.17, 15) is 0 Å². The summed E-state index contributed by atoms with van der Waals surface area (Å²) in [4.78, 5) is 8.59. The summed E-state index contributed by atoms with van der Waals surface area (Å²) in [5, 5.41) is 0.357. The highest BCUT2D eigenvalue weighted by Crippen LogP contribution is 2.26. The third-order valence-corrected chi connectivity index (χ3v) is 2.89. The summed E-state index contributed by atoms with van der Waals surface area (Å²) < 4.78 is 5.63. The molecule has 0 fully saturated rings. The van der Waals surface area contributed by atoms with E-state index in [1.807, 2.05) is 51.1 Å². The first kappa shape index (κ1) is 13.8. The van der Waals surface area contributed by atoms with Gasteiger partial charge in [-0.3, -0.25) is 0 Å². The number of nitrogens with zero attached hydrogens (tertiary/aromatic N) is 2. The summed E-state index contributed by atoms with van der Waals surface area (Å²) >= 11 is 6.13. The van der Waals surface area contributed by atoms with Gasteiger partial charge < -0.3 is 4.74 Å². The molecule has 0 radical (unpaired) electrons. The van der Waals surface area contributed by atoms with E-state index >= 15 is 0 Å². The second-order valence-corrected chi connectivity index (χ2v) is 5.73. The zero-order valence-electron chi connectivity index (χ0n) is 11.4. The Morgan fingerprint density at radius 2 is 1.84 bits per heavy atom. The summed E-state index contributed by atoms with van der Waals surface area (Å²) in [5.74, 6) is 1.23. The van der Waals surface area contributed by atoms with Gasteiger partial charge in [-0.15, -0.1) is 0 Å². The van der Waals surface area contributed by atoms with Gasteiger partial charge in [0.05, 0.1) is 6.20 Å². The Morgan fingerprint density at radius 1 is 1.16 bits per heavy atom. The van der Waals surface area contributed by atoms with Crippen LogP contribution in [0.2, 0.25) is 5.15 Å². The van der Waals surface area contributed by atoms with Crippen molar-refractivity contribution in [2.24, 2.45) is 0 Å². The van der Waals surface area contributed by atoms with E-state index in [-0.39, 0.29) is 5.41 Å². The second-order valence-electron chi connectivity index (χ2n) is 5.37. The van der Waals surface area contributed by atoms with Gasteiger partial charge in [0.2, 0.25) is 0 Å². The molecule has 100 valence electrons. The van der Waals surface area contributed by atoms with Gasteiger partial charge in [-0.05, 0) is 5.56 Å². The average molecular weight is 277 g/mol. The van der Waals surface area contributed by atoms with Crippen molar-refractivity contribution in [1.29, 1.82) is 0 Å². The van der Waals surface area contributed by atoms with Crippen LogP contribution in [0, 0.1) is 0 Å². The number of aromatic nitrogens is 2. The SMILES string of the molecule is CC(C)(C)c1ncc(OCc2ccccc2)c(Cl)n1. The lowest BCUT2D eigenvalue weighted by molar-refractivity contribution is 0.303. The topological polar surface area (TPSA) is 35.0 Å². The quantitative estimate of drug-likeness (QED) is 0.795. The molecule has 19 heavy (non-hydrogen) atoms. The van der Waals surface area contributed by atoms with Crippen molar-refractivity contribution in [3.05, 3.63) is 53.1 Å². The maximum atomic E-state index is 6.13. The number of benzene rings is 1. The lowest BCUT2D eigenvalue weighted by atomic mass is 9.96. The fourth-order valence-electron chi connectivity index (χ4n) is 1.54. The van der Waals surface area contributed by atoms with Crippen molar-refractivity contribution in [2.45, 2.75) is 32.8 Å². The monoisotopic (exact) mass is 276 g/mol. The maximum Gasteiger partial charge on any atom is 0.175 e. The predicted octanol–water partition coefficient (Wildman–Crippen LogP) is 4.01. The molecule has 1 aromatic carbocycles. The van der Waals surface area contributed by atoms with Gasteiger partial charge in [-0.2, -0.15) is 0 Å². The van der Waals surface area contributed by atoms with Gasteiger partial charge in [0.15, 0.2) is 10.9 Å². The summed E-state index contributed by atoms with van der Waals surface area (Å²) in [7, 11) is 0. The standard InChI is InChI=1S/C15H17ClN2O/c1-15(2,3)14-17-9-12(13(16)18-14)19-10-11-7-5-4-6-8-11/h4-9H,10H2,1-3H3. The Kier molecular flexibility index (Phi) is 4.05. The number of halogens is 1. The molecular formula is C15H17ClN2O. The fourth-order valence-corrected chi connectivity index (χ4v) is 1.73. The van der Waals surface area contributed by atoms with Crippen molar-refractivity contribution in [3.8, 4) is 5.75 Å². The van der Waals surface area contributed by atoms with Crippen molar-refractivity contribution in [1.82, 2.24) is 9.97 Å². The largest absolute Gasteiger partial charge is 0.484 e. The zero-order chi connectivity index (χ0) is 13.9. The van der Waals surface area contributed by atoms with Crippen LogP contribution in [0.1, 0.15) is 32.2 Å². The van der Waals surface area contributed by atoms with Crippen LogP contribution in [0.25, 0.3) is 0 Å². The van der Waals surface area contributed by atoms with Crippen LogP contribution in [0.4, 0.5) is 0 Å². The third kappa shape index (κ3) is 3.67. The molecule has 0 amide bonds. The third-order valence-electron chi connectivity index (χ3n) is 2.62. The Morgan fingerprint density at radius 3 is 2.42 bits per heavy atom. The van der Waals surface area contributed by atoms with Crippen LogP contribution in [0.5, 0.6) is 5.75 Å². The van der Waals surface area contributed by atoms with E-state index in [1.165, 1.54) is 0 Å². The number of ether oxygens (including phenoxy) is 1. The van der Waals surface area contributed by atoms with Crippen LogP contribution in [-0.2, 0) is 12.0 Å². The van der Waals surface area contributed by atoms with Crippen molar-refractivity contribution < 1.29 is 4.74 Å². The number of rotatable bonds is 3. The first-order valence-electron chi connectivity index (χ1n) is 6.16. The Labute approximate surface area is 118 Å². The van der Waals surface area contributed by atoms with Gasteiger partial charge in [0, 0.05) is 5.41 Å². The highest BCUT2D eigenvalue weighted by molar-refractivity contribution is 6.30. The second kappa shape index (κ2) is 5.57. The average Bonchev–Trinajstić information content (AvgIpc) is 2.37. The Bertz CT molecular complexity index is 550. The zero-order valence-corrected chi connectivity index (χ0v) is 12.1. The van der Waals surface area contributed by atoms with E-state index in [2.05, 4.69) is 9.97 Å². The molecule has 0 spiro atoms. The molecule has 1 heterocycles. The summed E-state index contributed by atoms with van der Waals surface area (Å²) in [6, 6.07) is 9.91. The summed E-state index contributed by atoms with van der Waals surface area (Å²) in [5.41, 5.74) is 0.958. The minimum Gasteiger partial charge on any atom is -0.484 e. The molecule has 0 saturated heterocycles. The minimum atomic E-state index is -0.123. The van der Waals surface area contributed by atoms with E-state index < -0.39 is 0 Å². The lowest BCUT2D eigenvalue weighted by Crippen LogP contribution is -2.16. The molecule has 0 aliphatic heterocycles. The van der Waals surface area contributed by atoms with Crippen LogP contribution >= 0.6 is 11.6 Å². The molecule has 0 saturated carbocycles. The van der Waals surface area contributed by atoms with E-state index in [1.54, 1.807) is 6.20 Å². The normalized spacial score (nSPS) is 11.4. The number of hydrogen-bond acceptors (Lipinski definition) is 3. The van der Waals surface area contributed by atoms with Gasteiger partial charge >= 0.3 is 0 Å². The van der Waals surface area contributed by atoms with Crippen molar-refractivity contribution in [3.63, 3.8) is 0 Å².